The molecule has 8 heteroatoms. The number of anilines is 1. The minimum atomic E-state index is 0.0291. The van der Waals surface area contributed by atoms with E-state index in [1.807, 2.05) is 12.1 Å². The number of carbonyl (C=O) groups is 1. The van der Waals surface area contributed by atoms with Crippen molar-refractivity contribution in [2.45, 2.75) is 19.4 Å². The second-order valence-corrected chi connectivity index (χ2v) is 9.96. The average molecular weight is 465 g/mol. The van der Waals surface area contributed by atoms with Gasteiger partial charge in [0.05, 0.1) is 5.92 Å². The highest BCUT2D eigenvalue weighted by Crippen LogP contribution is 2.30. The topological polar surface area (TPSA) is 64.6 Å². The molecular weight excluding hydrogens is 432 g/mol. The Labute approximate surface area is 199 Å². The van der Waals surface area contributed by atoms with Crippen LogP contribution >= 0.6 is 11.3 Å². The molecule has 1 aromatic carbocycles. The first-order valence-corrected chi connectivity index (χ1v) is 12.8. The lowest BCUT2D eigenvalue weighted by atomic mass is 9.97. The number of benzene rings is 1. The molecule has 1 amide bonds. The zero-order valence-electron chi connectivity index (χ0n) is 19.0. The van der Waals surface area contributed by atoms with Gasteiger partial charge in [-0.25, -0.2) is 9.97 Å². The number of fused-ring (bicyclic) bond motifs is 1. The van der Waals surface area contributed by atoms with Crippen LogP contribution in [-0.2, 0) is 11.3 Å². The predicted octanol–water partition coefficient (Wildman–Crippen LogP) is 2.84. The third-order valence-electron chi connectivity index (χ3n) is 6.66. The summed E-state index contributed by atoms with van der Waals surface area (Å²) in [5.41, 5.74) is 2.31. The van der Waals surface area contributed by atoms with Gasteiger partial charge in [0.25, 0.3) is 0 Å². The maximum absolute atomic E-state index is 12.9. The lowest BCUT2D eigenvalue weighted by Gasteiger charge is -2.35. The number of pyridine rings is 1. The number of amides is 1. The van der Waals surface area contributed by atoms with Crippen LogP contribution in [0.15, 0.2) is 48.7 Å². The van der Waals surface area contributed by atoms with Crippen LogP contribution in [0.25, 0.3) is 10.3 Å². The number of aromatic nitrogens is 2. The molecular formula is C25H32N6OS. The number of nitrogens with one attached hydrogen (secondary N) is 1. The van der Waals surface area contributed by atoms with Crippen molar-refractivity contribution in [2.75, 3.05) is 57.3 Å². The van der Waals surface area contributed by atoms with E-state index in [4.69, 9.17) is 4.98 Å². The second-order valence-electron chi connectivity index (χ2n) is 9.00. The van der Waals surface area contributed by atoms with Crippen molar-refractivity contribution in [1.82, 2.24) is 25.1 Å². The molecule has 1 N–H and O–H groups in total. The van der Waals surface area contributed by atoms with Gasteiger partial charge in [0.2, 0.25) is 5.91 Å². The van der Waals surface area contributed by atoms with Gasteiger partial charge in [0.15, 0.2) is 5.13 Å². The summed E-state index contributed by atoms with van der Waals surface area (Å²) in [7, 11) is 0. The van der Waals surface area contributed by atoms with E-state index in [0.717, 1.165) is 87.2 Å². The SMILES string of the molecule is O=C(NCCN1CCN(Cc2ccccc2)CC1)[C@H]1CCCN(c2nc3cccnc3s2)C1. The molecule has 5 rings (SSSR count). The van der Waals surface area contributed by atoms with Crippen LogP contribution in [0.2, 0.25) is 0 Å². The van der Waals surface area contributed by atoms with Gasteiger partial charge in [0, 0.05) is 65.1 Å². The summed E-state index contributed by atoms with van der Waals surface area (Å²) >= 11 is 1.62. The number of hydrogen-bond donors (Lipinski definition) is 1. The molecule has 0 radical (unpaired) electrons. The van der Waals surface area contributed by atoms with Crippen LogP contribution in [0.3, 0.4) is 0 Å². The Kier molecular flexibility index (Phi) is 7.14. The quantitative estimate of drug-likeness (QED) is 0.580. The first kappa shape index (κ1) is 22.3. The van der Waals surface area contributed by atoms with Crippen molar-refractivity contribution >= 4 is 32.7 Å². The molecule has 2 aliphatic heterocycles. The van der Waals surface area contributed by atoms with Crippen molar-refractivity contribution in [3.8, 4) is 0 Å². The van der Waals surface area contributed by atoms with Gasteiger partial charge >= 0.3 is 0 Å². The number of nitrogens with zero attached hydrogens (tertiary/aromatic N) is 5. The summed E-state index contributed by atoms with van der Waals surface area (Å²) in [6, 6.07) is 14.6. The smallest absolute Gasteiger partial charge is 0.224 e. The van der Waals surface area contributed by atoms with Crippen LogP contribution < -0.4 is 10.2 Å². The van der Waals surface area contributed by atoms with Gasteiger partial charge in [0.1, 0.15) is 10.3 Å². The summed E-state index contributed by atoms with van der Waals surface area (Å²) in [6.07, 6.45) is 3.77. The average Bonchev–Trinajstić information content (AvgIpc) is 3.30. The van der Waals surface area contributed by atoms with Crippen LogP contribution in [0.1, 0.15) is 18.4 Å². The highest BCUT2D eigenvalue weighted by Gasteiger charge is 2.27. The minimum absolute atomic E-state index is 0.0291. The van der Waals surface area contributed by atoms with E-state index >= 15 is 0 Å². The first-order valence-electron chi connectivity index (χ1n) is 12.0. The fourth-order valence-electron chi connectivity index (χ4n) is 4.75. The molecule has 0 spiro atoms. The minimum Gasteiger partial charge on any atom is -0.355 e. The zero-order valence-corrected chi connectivity index (χ0v) is 19.8. The molecule has 2 aromatic heterocycles. The van der Waals surface area contributed by atoms with Gasteiger partial charge in [-0.15, -0.1) is 0 Å². The van der Waals surface area contributed by atoms with Crippen molar-refractivity contribution in [3.05, 3.63) is 54.2 Å². The molecule has 174 valence electrons. The fraction of sp³-hybridized carbons (Fsp3) is 0.480. The van der Waals surface area contributed by atoms with E-state index in [0.29, 0.717) is 0 Å². The highest BCUT2D eigenvalue weighted by atomic mass is 32.1. The van der Waals surface area contributed by atoms with Gasteiger partial charge in [-0.1, -0.05) is 41.7 Å². The molecule has 4 heterocycles. The molecule has 0 bridgehead atoms. The standard InChI is InChI=1S/C25H32N6OS/c32-23(21-8-5-12-31(19-21)25-28-22-9-4-10-27-24(22)33-25)26-11-13-29-14-16-30(17-15-29)18-20-6-2-1-3-7-20/h1-4,6-7,9-10,21H,5,8,11-19H2,(H,26,32)/t21-/m0/s1. The third kappa shape index (κ3) is 5.69. The Bertz CT molecular complexity index is 1020. The van der Waals surface area contributed by atoms with Crippen LogP contribution in [0, 0.1) is 5.92 Å². The van der Waals surface area contributed by atoms with Crippen LogP contribution in [-0.4, -0.2) is 78.0 Å². The monoisotopic (exact) mass is 464 g/mol. The number of thiazole rings is 1. The largest absolute Gasteiger partial charge is 0.355 e. The number of rotatable bonds is 7. The van der Waals surface area contributed by atoms with Gasteiger partial charge in [-0.05, 0) is 30.5 Å². The van der Waals surface area contributed by atoms with E-state index < -0.39 is 0 Å². The number of hydrogen-bond acceptors (Lipinski definition) is 7. The molecule has 33 heavy (non-hydrogen) atoms. The molecule has 7 nitrogen and oxygen atoms in total. The summed E-state index contributed by atoms with van der Waals surface area (Å²) in [5, 5.41) is 4.18. The summed E-state index contributed by atoms with van der Waals surface area (Å²) < 4.78 is 0. The van der Waals surface area contributed by atoms with E-state index in [-0.39, 0.29) is 11.8 Å². The molecule has 0 unspecified atom stereocenters. The Morgan fingerprint density at radius 3 is 2.67 bits per heavy atom. The number of piperidine rings is 1. The Morgan fingerprint density at radius 1 is 1.03 bits per heavy atom. The molecule has 2 fully saturated rings. The molecule has 2 aliphatic rings. The van der Waals surface area contributed by atoms with Crippen molar-refractivity contribution < 1.29 is 4.79 Å². The second kappa shape index (κ2) is 10.6. The van der Waals surface area contributed by atoms with Crippen molar-refractivity contribution in [1.29, 1.82) is 0 Å². The normalized spacial score (nSPS) is 20.2. The third-order valence-corrected chi connectivity index (χ3v) is 7.70. The van der Waals surface area contributed by atoms with Crippen molar-refractivity contribution in [3.63, 3.8) is 0 Å². The predicted molar refractivity (Wildman–Crippen MR) is 134 cm³/mol. The first-order chi connectivity index (χ1) is 16.2. The zero-order chi connectivity index (χ0) is 22.5. The molecule has 2 saturated heterocycles. The lowest BCUT2D eigenvalue weighted by molar-refractivity contribution is -0.125. The summed E-state index contributed by atoms with van der Waals surface area (Å²) in [6.45, 7) is 8.64. The van der Waals surface area contributed by atoms with Crippen molar-refractivity contribution in [2.24, 2.45) is 5.92 Å². The molecule has 3 aromatic rings. The molecule has 0 aliphatic carbocycles. The fourth-order valence-corrected chi connectivity index (χ4v) is 5.70. The highest BCUT2D eigenvalue weighted by molar-refractivity contribution is 7.21. The molecule has 1 atom stereocenters. The van der Waals surface area contributed by atoms with Gasteiger partial charge in [-0.2, -0.15) is 0 Å². The summed E-state index contributed by atoms with van der Waals surface area (Å²) in [5.74, 6) is 0.211. The van der Waals surface area contributed by atoms with Gasteiger partial charge in [-0.3, -0.25) is 14.6 Å². The Morgan fingerprint density at radius 2 is 1.85 bits per heavy atom. The Hall–Kier alpha value is -2.55. The Balaban J connectivity index is 1.04. The lowest BCUT2D eigenvalue weighted by Crippen LogP contribution is -2.49. The van der Waals surface area contributed by atoms with E-state index in [9.17, 15) is 4.79 Å². The molecule has 0 saturated carbocycles. The number of piperazine rings is 1. The van der Waals surface area contributed by atoms with Crippen LogP contribution in [0.4, 0.5) is 5.13 Å². The van der Waals surface area contributed by atoms with E-state index in [1.165, 1.54) is 5.56 Å². The maximum Gasteiger partial charge on any atom is 0.224 e. The van der Waals surface area contributed by atoms with Crippen LogP contribution in [0.5, 0.6) is 0 Å². The maximum atomic E-state index is 12.9. The summed E-state index contributed by atoms with van der Waals surface area (Å²) in [4.78, 5) is 30.2. The van der Waals surface area contributed by atoms with E-state index in [2.05, 4.69) is 55.3 Å². The van der Waals surface area contributed by atoms with Gasteiger partial charge < -0.3 is 10.2 Å². The number of carbonyl (C=O) groups excluding carboxylic acids is 1. The van der Waals surface area contributed by atoms with E-state index in [1.54, 1.807) is 17.5 Å².